The Kier molecular flexibility index (Phi) is 7.48. The van der Waals surface area contributed by atoms with Crippen LogP contribution in [0.2, 0.25) is 0 Å². The number of guanidine groups is 1. The molecule has 9 heteroatoms. The highest BCUT2D eigenvalue weighted by Crippen LogP contribution is 2.16. The number of hydrogen-bond donors (Lipinski definition) is 2. The fraction of sp³-hybridized carbons (Fsp3) is 0.722. The molecule has 0 spiro atoms. The third-order valence-corrected chi connectivity index (χ3v) is 5.72. The maximum atomic E-state index is 4.44. The molecule has 0 aromatic carbocycles. The molecule has 0 amide bonds. The Bertz CT molecular complexity index is 605. The van der Waals surface area contributed by atoms with E-state index in [1.807, 2.05) is 25.5 Å². The van der Waals surface area contributed by atoms with Crippen molar-refractivity contribution in [3.05, 3.63) is 18.5 Å². The molecule has 4 fully saturated rings. The van der Waals surface area contributed by atoms with E-state index in [4.69, 9.17) is 0 Å². The number of rotatable bonds is 4. The molecule has 5 rings (SSSR count). The summed E-state index contributed by atoms with van der Waals surface area (Å²) in [4.78, 5) is 20.6. The summed E-state index contributed by atoms with van der Waals surface area (Å²) < 4.78 is 0. The number of anilines is 1. The third kappa shape index (κ3) is 5.20. The van der Waals surface area contributed by atoms with Crippen molar-refractivity contribution in [2.45, 2.75) is 24.9 Å². The SMILES string of the molecule is CN=C(NCC1CN2CCN1CC2)NC1CCCN(c2ncccn2)C1.I. The van der Waals surface area contributed by atoms with Crippen LogP contribution >= 0.6 is 24.0 Å². The van der Waals surface area contributed by atoms with E-state index >= 15 is 0 Å². The first-order chi connectivity index (χ1) is 12.8. The van der Waals surface area contributed by atoms with E-state index in [0.717, 1.165) is 44.4 Å². The van der Waals surface area contributed by atoms with Gasteiger partial charge in [0.25, 0.3) is 0 Å². The van der Waals surface area contributed by atoms with Gasteiger partial charge in [-0.2, -0.15) is 0 Å². The van der Waals surface area contributed by atoms with Crippen LogP contribution in [0.25, 0.3) is 0 Å². The van der Waals surface area contributed by atoms with Crippen LogP contribution < -0.4 is 15.5 Å². The summed E-state index contributed by atoms with van der Waals surface area (Å²) in [6.07, 6.45) is 5.90. The van der Waals surface area contributed by atoms with Crippen molar-refractivity contribution in [2.75, 3.05) is 64.3 Å². The van der Waals surface area contributed by atoms with Gasteiger partial charge in [-0.1, -0.05) is 0 Å². The van der Waals surface area contributed by atoms with Crippen LogP contribution in [-0.2, 0) is 0 Å². The number of piperazine rings is 3. The number of piperidine rings is 1. The Morgan fingerprint density at radius 1 is 1.15 bits per heavy atom. The van der Waals surface area contributed by atoms with Gasteiger partial charge in [0, 0.05) is 83.9 Å². The Hall–Kier alpha value is -1.20. The molecule has 8 nitrogen and oxygen atoms in total. The number of aliphatic imine (C=N–C) groups is 1. The van der Waals surface area contributed by atoms with E-state index in [1.165, 1.54) is 32.7 Å². The van der Waals surface area contributed by atoms with Crippen LogP contribution in [0.4, 0.5) is 5.95 Å². The molecule has 2 unspecified atom stereocenters. The lowest BCUT2D eigenvalue weighted by atomic mass is 10.1. The van der Waals surface area contributed by atoms with Crippen LogP contribution in [0, 0.1) is 0 Å². The van der Waals surface area contributed by atoms with Gasteiger partial charge in [-0.15, -0.1) is 24.0 Å². The Morgan fingerprint density at radius 3 is 2.59 bits per heavy atom. The van der Waals surface area contributed by atoms with Gasteiger partial charge >= 0.3 is 0 Å². The molecule has 4 saturated heterocycles. The number of halogens is 1. The molecule has 4 aliphatic heterocycles. The average Bonchev–Trinajstić information content (AvgIpc) is 2.73. The summed E-state index contributed by atoms with van der Waals surface area (Å²) in [7, 11) is 1.85. The fourth-order valence-corrected chi connectivity index (χ4v) is 4.25. The van der Waals surface area contributed by atoms with Gasteiger partial charge in [0.15, 0.2) is 5.96 Å². The average molecular weight is 486 g/mol. The first-order valence-electron chi connectivity index (χ1n) is 9.77. The smallest absolute Gasteiger partial charge is 0.225 e. The van der Waals surface area contributed by atoms with Crippen LogP contribution in [-0.4, -0.2) is 97.2 Å². The number of nitrogens with zero attached hydrogens (tertiary/aromatic N) is 6. The van der Waals surface area contributed by atoms with Crippen molar-refractivity contribution in [3.8, 4) is 0 Å². The summed E-state index contributed by atoms with van der Waals surface area (Å²) in [6.45, 7) is 8.90. The van der Waals surface area contributed by atoms with Crippen molar-refractivity contribution in [1.29, 1.82) is 0 Å². The first kappa shape index (κ1) is 20.5. The predicted molar refractivity (Wildman–Crippen MR) is 119 cm³/mol. The zero-order chi connectivity index (χ0) is 17.8. The highest BCUT2D eigenvalue weighted by Gasteiger charge is 2.31. The highest BCUT2D eigenvalue weighted by atomic mass is 127. The zero-order valence-corrected chi connectivity index (χ0v) is 18.4. The van der Waals surface area contributed by atoms with Gasteiger partial charge in [0.1, 0.15) is 0 Å². The molecule has 1 aromatic heterocycles. The quantitative estimate of drug-likeness (QED) is 0.359. The second-order valence-corrected chi connectivity index (χ2v) is 7.42. The Balaban J connectivity index is 0.00000210. The predicted octanol–water partition coefficient (Wildman–Crippen LogP) is 0.228. The molecule has 1 aromatic rings. The second kappa shape index (κ2) is 9.83. The van der Waals surface area contributed by atoms with E-state index in [2.05, 4.69) is 40.3 Å². The van der Waals surface area contributed by atoms with Crippen molar-refractivity contribution in [1.82, 2.24) is 30.4 Å². The van der Waals surface area contributed by atoms with Gasteiger partial charge in [-0.05, 0) is 18.9 Å². The summed E-state index contributed by atoms with van der Waals surface area (Å²) in [5, 5.41) is 7.15. The number of hydrogen-bond acceptors (Lipinski definition) is 6. The molecule has 27 heavy (non-hydrogen) atoms. The fourth-order valence-electron chi connectivity index (χ4n) is 4.25. The number of aromatic nitrogens is 2. The maximum absolute atomic E-state index is 4.44. The third-order valence-electron chi connectivity index (χ3n) is 5.72. The highest BCUT2D eigenvalue weighted by molar-refractivity contribution is 14.0. The topological polar surface area (TPSA) is 71.9 Å². The van der Waals surface area contributed by atoms with Crippen molar-refractivity contribution < 1.29 is 0 Å². The van der Waals surface area contributed by atoms with Crippen LogP contribution in [0.3, 0.4) is 0 Å². The Morgan fingerprint density at radius 2 is 1.93 bits per heavy atom. The number of nitrogens with one attached hydrogen (secondary N) is 2. The van der Waals surface area contributed by atoms with E-state index < -0.39 is 0 Å². The van der Waals surface area contributed by atoms with Crippen LogP contribution in [0.5, 0.6) is 0 Å². The molecule has 2 atom stereocenters. The molecule has 0 saturated carbocycles. The summed E-state index contributed by atoms with van der Waals surface area (Å²) in [5.74, 6) is 1.73. The van der Waals surface area contributed by atoms with E-state index in [-0.39, 0.29) is 24.0 Å². The molecule has 0 radical (unpaired) electrons. The van der Waals surface area contributed by atoms with Crippen molar-refractivity contribution >= 4 is 35.9 Å². The summed E-state index contributed by atoms with van der Waals surface area (Å²) >= 11 is 0. The Labute approximate surface area is 178 Å². The molecular formula is C18H31IN8. The first-order valence-corrected chi connectivity index (χ1v) is 9.77. The van der Waals surface area contributed by atoms with E-state index in [0.29, 0.717) is 12.1 Å². The van der Waals surface area contributed by atoms with Gasteiger partial charge < -0.3 is 15.5 Å². The lowest BCUT2D eigenvalue weighted by Gasteiger charge is -2.47. The van der Waals surface area contributed by atoms with Crippen LogP contribution in [0.15, 0.2) is 23.5 Å². The van der Waals surface area contributed by atoms with Gasteiger partial charge in [0.2, 0.25) is 5.95 Å². The zero-order valence-electron chi connectivity index (χ0n) is 16.0. The van der Waals surface area contributed by atoms with Gasteiger partial charge in [-0.25, -0.2) is 9.97 Å². The minimum atomic E-state index is 0. The molecule has 2 N–H and O–H groups in total. The lowest BCUT2D eigenvalue weighted by molar-refractivity contribution is 0.0154. The van der Waals surface area contributed by atoms with Gasteiger partial charge in [-0.3, -0.25) is 14.8 Å². The summed E-state index contributed by atoms with van der Waals surface area (Å²) in [5.41, 5.74) is 0. The molecule has 0 aliphatic carbocycles. The molecule has 150 valence electrons. The monoisotopic (exact) mass is 486 g/mol. The second-order valence-electron chi connectivity index (χ2n) is 7.42. The van der Waals surface area contributed by atoms with E-state index in [1.54, 1.807) is 0 Å². The van der Waals surface area contributed by atoms with Crippen molar-refractivity contribution in [2.24, 2.45) is 4.99 Å². The molecular weight excluding hydrogens is 455 g/mol. The normalized spacial score (nSPS) is 30.6. The summed E-state index contributed by atoms with van der Waals surface area (Å²) in [6, 6.07) is 2.82. The maximum Gasteiger partial charge on any atom is 0.225 e. The number of fused-ring (bicyclic) bond motifs is 3. The molecule has 5 heterocycles. The van der Waals surface area contributed by atoms with Crippen LogP contribution in [0.1, 0.15) is 12.8 Å². The lowest BCUT2D eigenvalue weighted by Crippen LogP contribution is -2.64. The molecule has 4 aliphatic rings. The minimum Gasteiger partial charge on any atom is -0.355 e. The van der Waals surface area contributed by atoms with Crippen molar-refractivity contribution in [3.63, 3.8) is 0 Å². The standard InChI is InChI=1S/C18H30N8.HI/c1-19-17(22-12-16-14-24-8-10-25(16)11-9-24)23-15-4-2-7-26(13-15)18-20-5-3-6-21-18;/h3,5-6,15-16H,2,4,7-14H2,1H3,(H2,19,22,23);1H. The largest absolute Gasteiger partial charge is 0.355 e. The van der Waals surface area contributed by atoms with E-state index in [9.17, 15) is 0 Å². The minimum absolute atomic E-state index is 0. The molecule has 2 bridgehead atoms. The van der Waals surface area contributed by atoms with Gasteiger partial charge in [0.05, 0.1) is 0 Å².